The van der Waals surface area contributed by atoms with Crippen molar-refractivity contribution in [3.8, 4) is 0 Å². The van der Waals surface area contributed by atoms with Crippen LogP contribution in [0.4, 0.5) is 0 Å². The number of carbonyl (C=O) groups excluding carboxylic acids is 1. The van der Waals surface area contributed by atoms with E-state index in [1.54, 1.807) is 30.5 Å². The fourth-order valence-electron chi connectivity index (χ4n) is 0.938. The van der Waals surface area contributed by atoms with Crippen molar-refractivity contribution in [3.05, 3.63) is 35.7 Å². The molecule has 1 aromatic rings. The quantitative estimate of drug-likeness (QED) is 0.705. The zero-order valence-corrected chi connectivity index (χ0v) is 7.18. The largest absolute Gasteiger partial charge is 0.396 e. The van der Waals surface area contributed by atoms with Crippen molar-refractivity contribution >= 4 is 12.4 Å². The van der Waals surface area contributed by atoms with Gasteiger partial charge in [0.1, 0.15) is 0 Å². The van der Waals surface area contributed by atoms with Gasteiger partial charge in [-0.25, -0.2) is 0 Å². The fourth-order valence-corrected chi connectivity index (χ4v) is 0.938. The Kier molecular flexibility index (Phi) is 3.85. The average Bonchev–Trinajstić information content (AvgIpc) is 2.19. The van der Waals surface area contributed by atoms with Crippen LogP contribution in [0.15, 0.2) is 24.4 Å². The SMILES string of the molecule is O=Cc1cccnc1C=CCCO. The lowest BCUT2D eigenvalue weighted by Gasteiger charge is -1.95. The van der Waals surface area contributed by atoms with Crippen molar-refractivity contribution < 1.29 is 9.90 Å². The number of aromatic nitrogens is 1. The molecule has 0 aromatic carbocycles. The molecule has 13 heavy (non-hydrogen) atoms. The first-order valence-electron chi connectivity index (χ1n) is 4.06. The molecule has 0 spiro atoms. The Hall–Kier alpha value is -1.48. The summed E-state index contributed by atoms with van der Waals surface area (Å²) in [6.45, 7) is 0.111. The number of aliphatic hydroxyl groups excluding tert-OH is 1. The second-order valence-corrected chi connectivity index (χ2v) is 2.51. The number of rotatable bonds is 4. The van der Waals surface area contributed by atoms with Crippen LogP contribution in [0.1, 0.15) is 22.5 Å². The Morgan fingerprint density at radius 3 is 3.08 bits per heavy atom. The first kappa shape index (κ1) is 9.61. The summed E-state index contributed by atoms with van der Waals surface area (Å²) in [5.41, 5.74) is 1.21. The molecule has 0 unspecified atom stereocenters. The molecule has 1 heterocycles. The number of aldehydes is 1. The number of hydrogen-bond acceptors (Lipinski definition) is 3. The van der Waals surface area contributed by atoms with Gasteiger partial charge in [0.05, 0.1) is 5.69 Å². The lowest BCUT2D eigenvalue weighted by Crippen LogP contribution is -1.89. The van der Waals surface area contributed by atoms with Gasteiger partial charge >= 0.3 is 0 Å². The topological polar surface area (TPSA) is 50.2 Å². The number of pyridine rings is 1. The summed E-state index contributed by atoms with van der Waals surface area (Å²) in [5, 5.41) is 8.53. The van der Waals surface area contributed by atoms with Gasteiger partial charge in [-0.15, -0.1) is 0 Å². The molecule has 0 saturated carbocycles. The van der Waals surface area contributed by atoms with Gasteiger partial charge in [0, 0.05) is 18.4 Å². The van der Waals surface area contributed by atoms with Gasteiger partial charge in [-0.1, -0.05) is 6.08 Å². The molecule has 3 heteroatoms. The van der Waals surface area contributed by atoms with Crippen LogP contribution in [0, 0.1) is 0 Å². The maximum Gasteiger partial charge on any atom is 0.152 e. The van der Waals surface area contributed by atoms with Crippen molar-refractivity contribution in [1.82, 2.24) is 4.98 Å². The van der Waals surface area contributed by atoms with Gasteiger partial charge in [-0.3, -0.25) is 9.78 Å². The van der Waals surface area contributed by atoms with Crippen molar-refractivity contribution in [2.75, 3.05) is 6.61 Å². The molecule has 0 fully saturated rings. The highest BCUT2D eigenvalue weighted by molar-refractivity contribution is 5.80. The number of nitrogens with zero attached hydrogens (tertiary/aromatic N) is 1. The second kappa shape index (κ2) is 5.22. The highest BCUT2D eigenvalue weighted by Crippen LogP contribution is 2.04. The van der Waals surface area contributed by atoms with Gasteiger partial charge in [0.15, 0.2) is 6.29 Å². The predicted octanol–water partition coefficient (Wildman–Crippen LogP) is 1.29. The van der Waals surface area contributed by atoms with Crippen LogP contribution >= 0.6 is 0 Å². The predicted molar refractivity (Wildman–Crippen MR) is 50.4 cm³/mol. The van der Waals surface area contributed by atoms with E-state index in [1.807, 2.05) is 0 Å². The molecule has 1 aromatic heterocycles. The first-order chi connectivity index (χ1) is 6.38. The third-order valence-corrected chi connectivity index (χ3v) is 1.57. The Morgan fingerprint density at radius 1 is 1.54 bits per heavy atom. The maximum atomic E-state index is 10.5. The van der Waals surface area contributed by atoms with Crippen molar-refractivity contribution in [1.29, 1.82) is 0 Å². The van der Waals surface area contributed by atoms with E-state index in [0.29, 0.717) is 17.7 Å². The molecule has 0 atom stereocenters. The highest BCUT2D eigenvalue weighted by Gasteiger charge is 1.95. The van der Waals surface area contributed by atoms with E-state index in [4.69, 9.17) is 5.11 Å². The zero-order chi connectivity index (χ0) is 9.52. The van der Waals surface area contributed by atoms with Crippen LogP contribution < -0.4 is 0 Å². The van der Waals surface area contributed by atoms with E-state index in [1.165, 1.54) is 0 Å². The summed E-state index contributed by atoms with van der Waals surface area (Å²) in [7, 11) is 0. The molecule has 0 aliphatic rings. The summed E-state index contributed by atoms with van der Waals surface area (Å²) in [6.07, 6.45) is 6.50. The Bertz CT molecular complexity index is 308. The van der Waals surface area contributed by atoms with Gasteiger partial charge in [0.25, 0.3) is 0 Å². The van der Waals surface area contributed by atoms with Crippen LogP contribution in [-0.4, -0.2) is 23.0 Å². The monoisotopic (exact) mass is 177 g/mol. The van der Waals surface area contributed by atoms with E-state index in [9.17, 15) is 4.79 Å². The molecule has 1 rings (SSSR count). The number of hydrogen-bond donors (Lipinski definition) is 1. The fraction of sp³-hybridized carbons (Fsp3) is 0.200. The van der Waals surface area contributed by atoms with E-state index in [-0.39, 0.29) is 6.61 Å². The summed E-state index contributed by atoms with van der Waals surface area (Å²) < 4.78 is 0. The summed E-state index contributed by atoms with van der Waals surface area (Å²) >= 11 is 0. The molecule has 0 aliphatic heterocycles. The molecule has 0 saturated heterocycles. The molecule has 0 aliphatic carbocycles. The van der Waals surface area contributed by atoms with Gasteiger partial charge < -0.3 is 5.11 Å². The second-order valence-electron chi connectivity index (χ2n) is 2.51. The van der Waals surface area contributed by atoms with Crippen molar-refractivity contribution in [3.63, 3.8) is 0 Å². The van der Waals surface area contributed by atoms with Crippen LogP contribution in [0.5, 0.6) is 0 Å². The standard InChI is InChI=1S/C10H11NO2/c12-7-2-1-5-10-9(8-13)4-3-6-11-10/h1,3-6,8,12H,2,7H2. The normalized spacial score (nSPS) is 10.5. The Morgan fingerprint density at radius 2 is 2.38 bits per heavy atom. The van der Waals surface area contributed by atoms with Crippen molar-refractivity contribution in [2.45, 2.75) is 6.42 Å². The van der Waals surface area contributed by atoms with Crippen molar-refractivity contribution in [2.24, 2.45) is 0 Å². The van der Waals surface area contributed by atoms with Crippen LogP contribution in [0.25, 0.3) is 6.08 Å². The molecule has 0 amide bonds. The van der Waals surface area contributed by atoms with E-state index in [0.717, 1.165) is 6.29 Å². The minimum Gasteiger partial charge on any atom is -0.396 e. The van der Waals surface area contributed by atoms with Gasteiger partial charge in [0.2, 0.25) is 0 Å². The minimum atomic E-state index is 0.111. The minimum absolute atomic E-state index is 0.111. The molecule has 3 nitrogen and oxygen atoms in total. The van der Waals surface area contributed by atoms with Crippen LogP contribution in [0.2, 0.25) is 0 Å². The Labute approximate surface area is 76.7 Å². The third-order valence-electron chi connectivity index (χ3n) is 1.57. The van der Waals surface area contributed by atoms with Gasteiger partial charge in [-0.2, -0.15) is 0 Å². The number of aliphatic hydroxyl groups is 1. The molecule has 68 valence electrons. The van der Waals surface area contributed by atoms with E-state index in [2.05, 4.69) is 4.98 Å². The molecule has 1 N–H and O–H groups in total. The zero-order valence-electron chi connectivity index (χ0n) is 7.18. The highest BCUT2D eigenvalue weighted by atomic mass is 16.2. The molecular formula is C10H11NO2. The lowest BCUT2D eigenvalue weighted by molar-refractivity contribution is 0.112. The van der Waals surface area contributed by atoms with Crippen LogP contribution in [-0.2, 0) is 0 Å². The summed E-state index contributed by atoms with van der Waals surface area (Å²) in [4.78, 5) is 14.6. The number of carbonyl (C=O) groups is 1. The molecular weight excluding hydrogens is 166 g/mol. The summed E-state index contributed by atoms with van der Waals surface area (Å²) in [6, 6.07) is 3.42. The molecule has 0 radical (unpaired) electrons. The van der Waals surface area contributed by atoms with E-state index >= 15 is 0 Å². The molecule has 0 bridgehead atoms. The summed E-state index contributed by atoms with van der Waals surface area (Å²) in [5.74, 6) is 0. The maximum absolute atomic E-state index is 10.5. The Balaban J connectivity index is 2.80. The van der Waals surface area contributed by atoms with E-state index < -0.39 is 0 Å². The van der Waals surface area contributed by atoms with Crippen LogP contribution in [0.3, 0.4) is 0 Å². The average molecular weight is 177 g/mol. The lowest BCUT2D eigenvalue weighted by atomic mass is 10.2. The third kappa shape index (κ3) is 2.80. The smallest absolute Gasteiger partial charge is 0.152 e. The van der Waals surface area contributed by atoms with Gasteiger partial charge in [-0.05, 0) is 24.6 Å². The first-order valence-corrected chi connectivity index (χ1v) is 4.06.